The Bertz CT molecular complexity index is 1170. The number of aliphatic imine (C=N–C) groups is 1. The standard InChI is InChI=1S/C23H25ClN6O/c1-27-9-11-28(12-10-27)13-14-29-23(31)30-20-8-7-18(24)15-19(20)22(25-16-21(30)26-29)17-5-3-2-4-6-17/h2-8,15H,9-14,16H2,1H3. The molecule has 0 saturated carbocycles. The fourth-order valence-electron chi connectivity index (χ4n) is 4.22. The summed E-state index contributed by atoms with van der Waals surface area (Å²) in [5, 5.41) is 5.26. The van der Waals surface area contributed by atoms with E-state index in [9.17, 15) is 4.79 Å². The Kier molecular flexibility index (Phi) is 5.48. The number of hydrogen-bond donors (Lipinski definition) is 0. The van der Waals surface area contributed by atoms with Crippen molar-refractivity contribution in [2.45, 2.75) is 13.1 Å². The van der Waals surface area contributed by atoms with E-state index in [1.807, 2.05) is 48.5 Å². The van der Waals surface area contributed by atoms with Gasteiger partial charge in [-0.15, -0.1) is 0 Å². The molecule has 1 aromatic heterocycles. The second kappa shape index (κ2) is 8.42. The van der Waals surface area contributed by atoms with Crippen LogP contribution in [0.2, 0.25) is 5.02 Å². The van der Waals surface area contributed by atoms with Crippen molar-refractivity contribution in [1.29, 1.82) is 0 Å². The van der Waals surface area contributed by atoms with Crippen LogP contribution in [0.25, 0.3) is 5.69 Å². The maximum Gasteiger partial charge on any atom is 0.350 e. The number of piperazine rings is 1. The number of nitrogens with zero attached hydrogens (tertiary/aromatic N) is 6. The first-order valence-electron chi connectivity index (χ1n) is 10.6. The van der Waals surface area contributed by atoms with E-state index in [4.69, 9.17) is 16.6 Å². The van der Waals surface area contributed by atoms with Crippen LogP contribution in [0.3, 0.4) is 0 Å². The summed E-state index contributed by atoms with van der Waals surface area (Å²) < 4.78 is 3.27. The highest BCUT2D eigenvalue weighted by molar-refractivity contribution is 6.31. The zero-order valence-corrected chi connectivity index (χ0v) is 18.3. The first-order chi connectivity index (χ1) is 15.1. The van der Waals surface area contributed by atoms with E-state index in [-0.39, 0.29) is 5.69 Å². The van der Waals surface area contributed by atoms with E-state index in [2.05, 4.69) is 21.9 Å². The summed E-state index contributed by atoms with van der Waals surface area (Å²) in [5.41, 5.74) is 3.31. The van der Waals surface area contributed by atoms with Crippen LogP contribution in [-0.4, -0.2) is 69.6 Å². The fourth-order valence-corrected chi connectivity index (χ4v) is 4.39. The molecule has 3 heterocycles. The third-order valence-corrected chi connectivity index (χ3v) is 6.25. The molecule has 7 nitrogen and oxygen atoms in total. The zero-order chi connectivity index (χ0) is 21.4. The smallest absolute Gasteiger partial charge is 0.304 e. The molecule has 1 fully saturated rings. The molecule has 0 amide bonds. The highest BCUT2D eigenvalue weighted by atomic mass is 35.5. The Morgan fingerprint density at radius 3 is 2.55 bits per heavy atom. The summed E-state index contributed by atoms with van der Waals surface area (Å²) in [6.07, 6.45) is 0. The SMILES string of the molecule is CN1CCN(CCn2nc3n(c2=O)-c2ccc(Cl)cc2C(c2ccccc2)=NC3)CC1. The molecule has 0 spiro atoms. The van der Waals surface area contributed by atoms with Gasteiger partial charge >= 0.3 is 5.69 Å². The Balaban J connectivity index is 1.50. The molecule has 2 aliphatic heterocycles. The molecule has 31 heavy (non-hydrogen) atoms. The lowest BCUT2D eigenvalue weighted by atomic mass is 10.0. The van der Waals surface area contributed by atoms with Crippen LogP contribution in [0.1, 0.15) is 17.0 Å². The van der Waals surface area contributed by atoms with Crippen LogP contribution in [0.4, 0.5) is 0 Å². The lowest BCUT2D eigenvalue weighted by molar-refractivity contribution is 0.148. The molecule has 2 aromatic carbocycles. The normalized spacial score (nSPS) is 17.0. The molecule has 0 N–H and O–H groups in total. The number of hydrogen-bond acceptors (Lipinski definition) is 5. The van der Waals surface area contributed by atoms with Gasteiger partial charge in [0, 0.05) is 48.9 Å². The van der Waals surface area contributed by atoms with E-state index in [0.29, 0.717) is 23.9 Å². The van der Waals surface area contributed by atoms with Gasteiger partial charge in [-0.2, -0.15) is 5.10 Å². The fraction of sp³-hybridized carbons (Fsp3) is 0.348. The van der Waals surface area contributed by atoms with Crippen LogP contribution >= 0.6 is 11.6 Å². The van der Waals surface area contributed by atoms with Crippen molar-refractivity contribution in [2.24, 2.45) is 4.99 Å². The average Bonchev–Trinajstić information content (AvgIpc) is 3.00. The molecule has 0 unspecified atom stereocenters. The first-order valence-corrected chi connectivity index (χ1v) is 11.0. The monoisotopic (exact) mass is 436 g/mol. The van der Waals surface area contributed by atoms with Crippen LogP contribution in [-0.2, 0) is 13.1 Å². The topological polar surface area (TPSA) is 58.7 Å². The highest BCUT2D eigenvalue weighted by Gasteiger charge is 2.24. The van der Waals surface area contributed by atoms with E-state index in [1.165, 1.54) is 0 Å². The zero-order valence-electron chi connectivity index (χ0n) is 17.5. The van der Waals surface area contributed by atoms with Crippen molar-refractivity contribution >= 4 is 17.3 Å². The second-order valence-corrected chi connectivity index (χ2v) is 8.53. The second-order valence-electron chi connectivity index (χ2n) is 8.09. The first kappa shape index (κ1) is 20.2. The molecule has 5 rings (SSSR count). The van der Waals surface area contributed by atoms with Gasteiger partial charge in [-0.05, 0) is 25.2 Å². The number of halogens is 1. The van der Waals surface area contributed by atoms with Gasteiger partial charge in [0.15, 0.2) is 5.82 Å². The molecule has 2 aliphatic rings. The van der Waals surface area contributed by atoms with E-state index < -0.39 is 0 Å². The predicted molar refractivity (Wildman–Crippen MR) is 123 cm³/mol. The molecule has 0 radical (unpaired) electrons. The van der Waals surface area contributed by atoms with Gasteiger partial charge in [0.05, 0.1) is 17.9 Å². The van der Waals surface area contributed by atoms with Gasteiger partial charge in [0.1, 0.15) is 6.54 Å². The lowest BCUT2D eigenvalue weighted by Gasteiger charge is -2.32. The Morgan fingerprint density at radius 2 is 1.77 bits per heavy atom. The highest BCUT2D eigenvalue weighted by Crippen LogP contribution is 2.26. The molecular formula is C23H25ClN6O. The van der Waals surface area contributed by atoms with Gasteiger partial charge in [-0.25, -0.2) is 14.0 Å². The van der Waals surface area contributed by atoms with Gasteiger partial charge in [-0.3, -0.25) is 9.89 Å². The van der Waals surface area contributed by atoms with Crippen LogP contribution in [0.5, 0.6) is 0 Å². The lowest BCUT2D eigenvalue weighted by Crippen LogP contribution is -2.45. The van der Waals surface area contributed by atoms with Crippen molar-refractivity contribution in [3.8, 4) is 5.69 Å². The number of benzene rings is 2. The number of aromatic nitrogens is 3. The summed E-state index contributed by atoms with van der Waals surface area (Å²) in [4.78, 5) is 22.9. The predicted octanol–water partition coefficient (Wildman–Crippen LogP) is 2.29. The summed E-state index contributed by atoms with van der Waals surface area (Å²) in [7, 11) is 2.14. The van der Waals surface area contributed by atoms with Crippen molar-refractivity contribution in [3.63, 3.8) is 0 Å². The Labute approximate surface area is 186 Å². The quantitative estimate of drug-likeness (QED) is 0.629. The van der Waals surface area contributed by atoms with E-state index in [0.717, 1.165) is 55.2 Å². The van der Waals surface area contributed by atoms with Crippen molar-refractivity contribution in [1.82, 2.24) is 24.1 Å². The van der Waals surface area contributed by atoms with Crippen molar-refractivity contribution < 1.29 is 0 Å². The molecule has 160 valence electrons. The van der Waals surface area contributed by atoms with Crippen molar-refractivity contribution in [3.05, 3.63) is 81.0 Å². The van der Waals surface area contributed by atoms with E-state index >= 15 is 0 Å². The van der Waals surface area contributed by atoms with Crippen LogP contribution < -0.4 is 5.69 Å². The number of fused-ring (bicyclic) bond motifs is 3. The molecule has 0 atom stereocenters. The van der Waals surface area contributed by atoms with Gasteiger partial charge in [-0.1, -0.05) is 41.9 Å². The molecule has 1 saturated heterocycles. The summed E-state index contributed by atoms with van der Waals surface area (Å²) in [5.74, 6) is 0.651. The third kappa shape index (κ3) is 3.96. The minimum Gasteiger partial charge on any atom is -0.304 e. The molecule has 0 bridgehead atoms. The van der Waals surface area contributed by atoms with Gasteiger partial charge in [0.2, 0.25) is 0 Å². The van der Waals surface area contributed by atoms with Gasteiger partial charge in [0.25, 0.3) is 0 Å². The Hall–Kier alpha value is -2.74. The summed E-state index contributed by atoms with van der Waals surface area (Å²) >= 11 is 6.33. The summed E-state index contributed by atoms with van der Waals surface area (Å²) in [6, 6.07) is 15.6. The van der Waals surface area contributed by atoms with Crippen molar-refractivity contribution in [2.75, 3.05) is 39.8 Å². The minimum atomic E-state index is -0.128. The maximum absolute atomic E-state index is 13.3. The Morgan fingerprint density at radius 1 is 1.00 bits per heavy atom. The minimum absolute atomic E-state index is 0.128. The van der Waals surface area contributed by atoms with E-state index in [1.54, 1.807) is 9.25 Å². The summed E-state index contributed by atoms with van der Waals surface area (Å²) in [6.45, 7) is 5.87. The molecular weight excluding hydrogens is 412 g/mol. The van der Waals surface area contributed by atoms with Crippen LogP contribution in [0, 0.1) is 0 Å². The molecule has 0 aliphatic carbocycles. The third-order valence-electron chi connectivity index (χ3n) is 6.01. The molecule has 8 heteroatoms. The average molecular weight is 437 g/mol. The van der Waals surface area contributed by atoms with Gasteiger partial charge < -0.3 is 4.90 Å². The van der Waals surface area contributed by atoms with Crippen LogP contribution in [0.15, 0.2) is 58.3 Å². The number of rotatable bonds is 4. The molecule has 3 aromatic rings. The number of likely N-dealkylation sites (N-methyl/N-ethyl adjacent to an activating group) is 1. The maximum atomic E-state index is 13.3. The largest absolute Gasteiger partial charge is 0.350 e.